The minimum Gasteiger partial charge on any atom is -0.508 e. The number of Topliss-reactive ketones (excluding diaryl/α,β-unsaturated/α-hetero) is 2. The van der Waals surface area contributed by atoms with Gasteiger partial charge >= 0.3 is 0 Å². The van der Waals surface area contributed by atoms with Crippen LogP contribution in [0.25, 0.3) is 5.76 Å². The Kier molecular flexibility index (Phi) is 5.37. The average molecular weight is 456 g/mol. The maximum absolute atomic E-state index is 13.7. The van der Waals surface area contributed by atoms with Gasteiger partial charge in [-0.05, 0) is 56.5 Å². The molecule has 33 heavy (non-hydrogen) atoms. The maximum Gasteiger partial charge on any atom is 0.255 e. The number of phenols is 1. The van der Waals surface area contributed by atoms with Crippen LogP contribution in [0.2, 0.25) is 0 Å². The number of nitrogens with two attached hydrogens (primary N) is 1. The molecule has 9 heteroatoms. The van der Waals surface area contributed by atoms with E-state index in [0.29, 0.717) is 12.8 Å². The van der Waals surface area contributed by atoms with Crippen LogP contribution in [0, 0.1) is 11.8 Å². The fourth-order valence-corrected chi connectivity index (χ4v) is 5.81. The van der Waals surface area contributed by atoms with E-state index in [-0.39, 0.29) is 23.3 Å². The largest absolute Gasteiger partial charge is 0.508 e. The number of rotatable bonds is 4. The summed E-state index contributed by atoms with van der Waals surface area (Å²) >= 11 is 0. The monoisotopic (exact) mass is 456 g/mol. The van der Waals surface area contributed by atoms with Crippen molar-refractivity contribution in [1.82, 2.24) is 4.90 Å². The van der Waals surface area contributed by atoms with Crippen molar-refractivity contribution in [3.05, 3.63) is 45.7 Å². The Morgan fingerprint density at radius 1 is 1.21 bits per heavy atom. The van der Waals surface area contributed by atoms with E-state index in [1.807, 2.05) is 6.92 Å². The molecular weight excluding hydrogens is 428 g/mol. The molecule has 3 aliphatic rings. The van der Waals surface area contributed by atoms with Crippen LogP contribution in [0.3, 0.4) is 0 Å². The van der Waals surface area contributed by atoms with Gasteiger partial charge in [-0.3, -0.25) is 19.3 Å². The van der Waals surface area contributed by atoms with Crippen molar-refractivity contribution in [3.63, 3.8) is 0 Å². The first-order chi connectivity index (χ1) is 15.5. The third-order valence-corrected chi connectivity index (χ3v) is 7.22. The number of amides is 1. The summed E-state index contributed by atoms with van der Waals surface area (Å²) in [5.74, 6) is -6.36. The van der Waals surface area contributed by atoms with E-state index >= 15 is 0 Å². The van der Waals surface area contributed by atoms with Gasteiger partial charge in [0.15, 0.2) is 11.4 Å². The second-order valence-electron chi connectivity index (χ2n) is 9.31. The highest BCUT2D eigenvalue weighted by atomic mass is 16.3. The summed E-state index contributed by atoms with van der Waals surface area (Å²) in [7, 11) is 3.15. The molecule has 9 nitrogen and oxygen atoms in total. The summed E-state index contributed by atoms with van der Waals surface area (Å²) < 4.78 is 0. The summed E-state index contributed by atoms with van der Waals surface area (Å²) in [6, 6.07) is 2.16. The molecule has 0 spiro atoms. The summed E-state index contributed by atoms with van der Waals surface area (Å²) in [4.78, 5) is 40.2. The topological polar surface area (TPSA) is 161 Å². The standard InChI is InChI=1S/C24H28N2O7/c1-4-5-10-6-7-14(27)16-12(10)8-11-9-13-18(26(2)3)20(29)17(23(25)32)22(31)24(13,33)21(30)15(11)19(16)28/h6-7,11,13,18,27-28,31,33H,4-5,8-9H2,1-3H3,(H2,25,32)/t11-,13-,18+,24+/m1/s1. The zero-order valence-corrected chi connectivity index (χ0v) is 18.8. The Morgan fingerprint density at radius 3 is 2.45 bits per heavy atom. The molecule has 6 N–H and O–H groups in total. The van der Waals surface area contributed by atoms with E-state index in [4.69, 9.17) is 5.73 Å². The molecule has 4 rings (SSSR count). The van der Waals surface area contributed by atoms with E-state index in [1.165, 1.54) is 11.0 Å². The molecule has 1 fully saturated rings. The van der Waals surface area contributed by atoms with Gasteiger partial charge in [0.25, 0.3) is 5.91 Å². The van der Waals surface area contributed by atoms with E-state index in [9.17, 15) is 34.8 Å². The molecule has 1 aromatic carbocycles. The Bertz CT molecular complexity index is 1150. The van der Waals surface area contributed by atoms with Crippen molar-refractivity contribution in [2.24, 2.45) is 17.6 Å². The average Bonchev–Trinajstić information content (AvgIpc) is 2.72. The molecule has 1 saturated carbocycles. The lowest BCUT2D eigenvalue weighted by Crippen LogP contribution is -2.65. The smallest absolute Gasteiger partial charge is 0.255 e. The lowest BCUT2D eigenvalue weighted by Gasteiger charge is -2.50. The number of fused-ring (bicyclic) bond motifs is 3. The van der Waals surface area contributed by atoms with Crippen LogP contribution in [0.1, 0.15) is 36.5 Å². The first kappa shape index (κ1) is 23.0. The van der Waals surface area contributed by atoms with Crippen LogP contribution in [0.4, 0.5) is 0 Å². The number of phenolic OH excluding ortho intramolecular Hbond substituents is 1. The molecule has 0 unspecified atom stereocenters. The molecule has 1 amide bonds. The number of hydrogen-bond acceptors (Lipinski definition) is 8. The van der Waals surface area contributed by atoms with E-state index in [1.54, 1.807) is 20.2 Å². The van der Waals surface area contributed by atoms with Gasteiger partial charge in [0.2, 0.25) is 5.78 Å². The van der Waals surface area contributed by atoms with Crippen LogP contribution in [-0.4, -0.2) is 68.5 Å². The molecule has 4 atom stereocenters. The zero-order chi connectivity index (χ0) is 24.4. The maximum atomic E-state index is 13.7. The second-order valence-corrected chi connectivity index (χ2v) is 9.31. The Morgan fingerprint density at radius 2 is 1.88 bits per heavy atom. The van der Waals surface area contributed by atoms with Gasteiger partial charge < -0.3 is 26.2 Å². The number of aliphatic hydroxyl groups is 3. The van der Waals surface area contributed by atoms with Crippen molar-refractivity contribution in [3.8, 4) is 5.75 Å². The predicted molar refractivity (Wildman–Crippen MR) is 118 cm³/mol. The summed E-state index contributed by atoms with van der Waals surface area (Å²) in [5, 5.41) is 43.9. The van der Waals surface area contributed by atoms with Crippen molar-refractivity contribution in [2.75, 3.05) is 14.1 Å². The lowest BCUT2D eigenvalue weighted by molar-refractivity contribution is -0.153. The number of likely N-dealkylation sites (N-methyl/N-ethyl adjacent to an activating group) is 1. The van der Waals surface area contributed by atoms with Crippen molar-refractivity contribution < 1.29 is 34.8 Å². The van der Waals surface area contributed by atoms with Gasteiger partial charge in [-0.25, -0.2) is 0 Å². The van der Waals surface area contributed by atoms with Gasteiger partial charge in [-0.1, -0.05) is 19.4 Å². The van der Waals surface area contributed by atoms with Gasteiger partial charge in [-0.2, -0.15) is 0 Å². The van der Waals surface area contributed by atoms with Gasteiger partial charge in [0, 0.05) is 11.5 Å². The van der Waals surface area contributed by atoms with Crippen molar-refractivity contribution in [2.45, 2.75) is 44.2 Å². The number of benzene rings is 1. The van der Waals surface area contributed by atoms with Crippen LogP contribution >= 0.6 is 0 Å². The minimum absolute atomic E-state index is 0.0903. The zero-order valence-electron chi connectivity index (χ0n) is 18.8. The summed E-state index contributed by atoms with van der Waals surface area (Å²) in [6.07, 6.45) is 1.96. The molecule has 0 bridgehead atoms. The molecule has 0 heterocycles. The van der Waals surface area contributed by atoms with Crippen LogP contribution in [0.5, 0.6) is 5.75 Å². The van der Waals surface area contributed by atoms with E-state index in [2.05, 4.69) is 0 Å². The SMILES string of the molecule is CCCc1ccc(O)c2c1C[C@@H]1C[C@@H]3[C@H](N(C)C)C(=O)C(C(N)=O)=C(O)[C@@]3(O)C(=O)C1=C2O. The summed E-state index contributed by atoms with van der Waals surface area (Å²) in [6.45, 7) is 2.01. The second kappa shape index (κ2) is 7.71. The molecule has 0 aromatic heterocycles. The number of aromatic hydroxyl groups is 1. The van der Waals surface area contributed by atoms with Crippen LogP contribution in [-0.2, 0) is 27.2 Å². The number of nitrogens with zero attached hydrogens (tertiary/aromatic N) is 1. The first-order valence-electron chi connectivity index (χ1n) is 10.9. The number of ketones is 2. The Hall–Kier alpha value is -3.17. The fourth-order valence-electron chi connectivity index (χ4n) is 5.81. The lowest BCUT2D eigenvalue weighted by atomic mass is 9.57. The van der Waals surface area contributed by atoms with Gasteiger partial charge in [0.1, 0.15) is 22.8 Å². The molecule has 0 saturated heterocycles. The minimum atomic E-state index is -2.61. The Balaban J connectivity index is 1.97. The molecule has 176 valence electrons. The normalized spacial score (nSPS) is 29.2. The van der Waals surface area contributed by atoms with Crippen LogP contribution in [0.15, 0.2) is 29.0 Å². The number of aryl methyl sites for hydroxylation is 1. The van der Waals surface area contributed by atoms with Crippen molar-refractivity contribution >= 4 is 23.2 Å². The third kappa shape index (κ3) is 3.02. The molecule has 0 aliphatic heterocycles. The Labute approximate surface area is 190 Å². The molecule has 1 aromatic rings. The fraction of sp³-hybridized carbons (Fsp3) is 0.458. The number of carbonyl (C=O) groups is 3. The number of aliphatic hydroxyl groups excluding tert-OH is 2. The van der Waals surface area contributed by atoms with E-state index in [0.717, 1.165) is 17.5 Å². The molecule has 0 radical (unpaired) electrons. The molecular formula is C24H28N2O7. The quantitative estimate of drug-likeness (QED) is 0.418. The van der Waals surface area contributed by atoms with Gasteiger partial charge in [-0.15, -0.1) is 0 Å². The number of primary amides is 1. The number of carbonyl (C=O) groups excluding carboxylic acids is 3. The number of hydrogen-bond donors (Lipinski definition) is 5. The first-order valence-corrected chi connectivity index (χ1v) is 10.9. The third-order valence-electron chi connectivity index (χ3n) is 7.22. The van der Waals surface area contributed by atoms with Crippen molar-refractivity contribution in [1.29, 1.82) is 0 Å². The highest BCUT2D eigenvalue weighted by Gasteiger charge is 2.64. The highest BCUT2D eigenvalue weighted by Crippen LogP contribution is 2.52. The summed E-state index contributed by atoms with van der Waals surface area (Å²) in [5.41, 5.74) is 3.55. The molecule has 3 aliphatic carbocycles. The van der Waals surface area contributed by atoms with Crippen LogP contribution < -0.4 is 5.73 Å². The van der Waals surface area contributed by atoms with Gasteiger partial charge in [0.05, 0.1) is 11.6 Å². The highest BCUT2D eigenvalue weighted by molar-refractivity contribution is 6.24. The van der Waals surface area contributed by atoms with E-state index < -0.39 is 58.0 Å². The predicted octanol–water partition coefficient (Wildman–Crippen LogP) is 0.916.